The van der Waals surface area contributed by atoms with Crippen molar-refractivity contribution in [3.05, 3.63) is 23.5 Å². The Morgan fingerprint density at radius 2 is 1.61 bits per heavy atom. The third kappa shape index (κ3) is 2.02. The van der Waals surface area contributed by atoms with E-state index in [1.165, 1.54) is 12.1 Å². The van der Waals surface area contributed by atoms with Gasteiger partial charge in [-0.1, -0.05) is 0 Å². The van der Waals surface area contributed by atoms with Gasteiger partial charge in [-0.2, -0.15) is 0 Å². The lowest BCUT2D eigenvalue weighted by atomic mass is 9.76. The van der Waals surface area contributed by atoms with Crippen molar-refractivity contribution in [2.45, 2.75) is 45.8 Å². The minimum atomic E-state index is -0.576. The summed E-state index contributed by atoms with van der Waals surface area (Å²) in [6.07, 6.45) is 0. The molecule has 0 bridgehead atoms. The first kappa shape index (κ1) is 13.4. The van der Waals surface area contributed by atoms with Gasteiger partial charge in [0, 0.05) is 5.69 Å². The van der Waals surface area contributed by atoms with Crippen LogP contribution >= 0.6 is 0 Å². The molecule has 0 unspecified atom stereocenters. The normalized spacial score (nSPS) is 21.3. The Hall–Kier alpha value is -1.07. The topological polar surface area (TPSA) is 44.5 Å². The summed E-state index contributed by atoms with van der Waals surface area (Å²) in [5.41, 5.74) is 6.77. The van der Waals surface area contributed by atoms with Crippen LogP contribution in [0, 0.1) is 12.7 Å². The maximum atomic E-state index is 13.5. The van der Waals surface area contributed by atoms with Crippen LogP contribution in [0.15, 0.2) is 12.1 Å². The van der Waals surface area contributed by atoms with Gasteiger partial charge in [0.05, 0.1) is 11.2 Å². The standard InChI is InChI=1S/C13H19BFNO2/c1-8-10(6-9(15)7-11(8)16)14-17-12(2,3)13(4,5)18-14/h6-7H,16H2,1-5H3. The predicted octanol–water partition coefficient (Wildman–Crippen LogP) is 2.02. The van der Waals surface area contributed by atoms with Gasteiger partial charge in [0.2, 0.25) is 0 Å². The number of hydrogen-bond donors (Lipinski definition) is 1. The van der Waals surface area contributed by atoms with Crippen molar-refractivity contribution in [2.24, 2.45) is 0 Å². The van der Waals surface area contributed by atoms with Gasteiger partial charge < -0.3 is 15.0 Å². The van der Waals surface area contributed by atoms with Crippen molar-refractivity contribution in [3.8, 4) is 0 Å². The summed E-state index contributed by atoms with van der Waals surface area (Å²) in [6, 6.07) is 2.73. The van der Waals surface area contributed by atoms with Gasteiger partial charge in [-0.3, -0.25) is 0 Å². The summed E-state index contributed by atoms with van der Waals surface area (Å²) in [7, 11) is -0.576. The first-order valence-corrected chi connectivity index (χ1v) is 6.05. The van der Waals surface area contributed by atoms with E-state index in [1.807, 2.05) is 34.6 Å². The minimum absolute atomic E-state index is 0.372. The Balaban J connectivity index is 2.41. The fourth-order valence-corrected chi connectivity index (χ4v) is 1.94. The number of nitrogen functional groups attached to an aromatic ring is 1. The number of hydrogen-bond acceptors (Lipinski definition) is 3. The van der Waals surface area contributed by atoms with E-state index in [2.05, 4.69) is 0 Å². The molecule has 1 saturated heterocycles. The Morgan fingerprint density at radius 3 is 2.11 bits per heavy atom. The lowest BCUT2D eigenvalue weighted by molar-refractivity contribution is 0.00578. The zero-order valence-electron chi connectivity index (χ0n) is 11.5. The third-order valence-corrected chi connectivity index (χ3v) is 3.96. The molecule has 0 radical (unpaired) electrons. The van der Waals surface area contributed by atoms with E-state index in [4.69, 9.17) is 15.0 Å². The number of anilines is 1. The monoisotopic (exact) mass is 251 g/mol. The van der Waals surface area contributed by atoms with Crippen LogP contribution in [0.5, 0.6) is 0 Å². The van der Waals surface area contributed by atoms with Gasteiger partial charge >= 0.3 is 7.12 Å². The van der Waals surface area contributed by atoms with E-state index in [0.717, 1.165) is 5.56 Å². The van der Waals surface area contributed by atoms with Gasteiger partial charge in [0.25, 0.3) is 0 Å². The second-order valence-corrected chi connectivity index (χ2v) is 5.80. The Kier molecular flexibility index (Phi) is 2.95. The van der Waals surface area contributed by atoms with Crippen molar-refractivity contribution in [1.29, 1.82) is 0 Å². The van der Waals surface area contributed by atoms with Crippen LogP contribution in [0.4, 0.5) is 10.1 Å². The van der Waals surface area contributed by atoms with Gasteiger partial charge in [-0.25, -0.2) is 4.39 Å². The summed E-state index contributed by atoms with van der Waals surface area (Å²) in [6.45, 7) is 9.70. The third-order valence-electron chi connectivity index (χ3n) is 3.96. The van der Waals surface area contributed by atoms with Crippen LogP contribution in [-0.2, 0) is 9.31 Å². The average molecular weight is 251 g/mol. The van der Waals surface area contributed by atoms with E-state index in [0.29, 0.717) is 11.2 Å². The second-order valence-electron chi connectivity index (χ2n) is 5.80. The van der Waals surface area contributed by atoms with Crippen molar-refractivity contribution < 1.29 is 13.7 Å². The van der Waals surface area contributed by atoms with Gasteiger partial charge in [-0.05, 0) is 57.8 Å². The Labute approximate surface area is 108 Å². The van der Waals surface area contributed by atoms with Crippen LogP contribution < -0.4 is 11.2 Å². The molecule has 1 aliphatic heterocycles. The minimum Gasteiger partial charge on any atom is -0.399 e. The molecule has 98 valence electrons. The van der Waals surface area contributed by atoms with Crippen LogP contribution in [0.2, 0.25) is 0 Å². The number of rotatable bonds is 1. The highest BCUT2D eigenvalue weighted by molar-refractivity contribution is 6.62. The summed E-state index contributed by atoms with van der Waals surface area (Å²) >= 11 is 0. The predicted molar refractivity (Wildman–Crippen MR) is 71.3 cm³/mol. The van der Waals surface area contributed by atoms with Crippen LogP contribution in [-0.4, -0.2) is 18.3 Å². The molecule has 5 heteroatoms. The molecule has 0 aromatic heterocycles. The quantitative estimate of drug-likeness (QED) is 0.613. The molecule has 0 atom stereocenters. The smallest absolute Gasteiger partial charge is 0.399 e. The summed E-state index contributed by atoms with van der Waals surface area (Å²) in [4.78, 5) is 0. The Morgan fingerprint density at radius 1 is 1.11 bits per heavy atom. The SMILES string of the molecule is Cc1c(N)cc(F)cc1B1OC(C)(C)C(C)(C)O1. The molecule has 1 fully saturated rings. The molecule has 18 heavy (non-hydrogen) atoms. The highest BCUT2D eigenvalue weighted by atomic mass is 19.1. The average Bonchev–Trinajstić information content (AvgIpc) is 2.42. The molecular weight excluding hydrogens is 232 g/mol. The molecule has 0 amide bonds. The molecule has 1 aliphatic rings. The van der Waals surface area contributed by atoms with Crippen LogP contribution in [0.3, 0.4) is 0 Å². The zero-order chi connectivity index (χ0) is 13.7. The lowest BCUT2D eigenvalue weighted by Gasteiger charge is -2.32. The Bertz CT molecular complexity index is 472. The van der Waals surface area contributed by atoms with Gasteiger partial charge in [0.15, 0.2) is 0 Å². The first-order valence-electron chi connectivity index (χ1n) is 6.05. The number of nitrogens with two attached hydrogens (primary N) is 1. The maximum absolute atomic E-state index is 13.5. The lowest BCUT2D eigenvalue weighted by Crippen LogP contribution is -2.41. The van der Waals surface area contributed by atoms with E-state index < -0.39 is 18.3 Å². The molecule has 2 rings (SSSR count). The summed E-state index contributed by atoms with van der Waals surface area (Å²) in [5.74, 6) is -0.372. The van der Waals surface area contributed by atoms with E-state index in [1.54, 1.807) is 0 Å². The highest BCUT2D eigenvalue weighted by Crippen LogP contribution is 2.36. The second kappa shape index (κ2) is 3.97. The van der Waals surface area contributed by atoms with Crippen molar-refractivity contribution in [2.75, 3.05) is 5.73 Å². The molecule has 1 heterocycles. The molecule has 2 N–H and O–H groups in total. The molecule has 1 aromatic rings. The molecule has 0 saturated carbocycles. The maximum Gasteiger partial charge on any atom is 0.495 e. The largest absolute Gasteiger partial charge is 0.495 e. The molecule has 1 aromatic carbocycles. The molecule has 3 nitrogen and oxygen atoms in total. The van der Waals surface area contributed by atoms with Crippen molar-refractivity contribution >= 4 is 18.3 Å². The van der Waals surface area contributed by atoms with E-state index >= 15 is 0 Å². The fraction of sp³-hybridized carbons (Fsp3) is 0.538. The molecule has 0 spiro atoms. The summed E-state index contributed by atoms with van der Waals surface area (Å²) in [5, 5.41) is 0. The number of halogens is 1. The number of benzene rings is 1. The van der Waals surface area contributed by atoms with E-state index in [-0.39, 0.29) is 5.82 Å². The first-order chi connectivity index (χ1) is 8.14. The van der Waals surface area contributed by atoms with E-state index in [9.17, 15) is 4.39 Å². The molecule has 0 aliphatic carbocycles. The van der Waals surface area contributed by atoms with Crippen molar-refractivity contribution in [3.63, 3.8) is 0 Å². The molecular formula is C13H19BFNO2. The van der Waals surface area contributed by atoms with Gasteiger partial charge in [-0.15, -0.1) is 0 Å². The highest BCUT2D eigenvalue weighted by Gasteiger charge is 2.52. The van der Waals surface area contributed by atoms with Crippen LogP contribution in [0.1, 0.15) is 33.3 Å². The van der Waals surface area contributed by atoms with Crippen LogP contribution in [0.25, 0.3) is 0 Å². The summed E-state index contributed by atoms with van der Waals surface area (Å²) < 4.78 is 25.2. The van der Waals surface area contributed by atoms with Gasteiger partial charge in [0.1, 0.15) is 5.82 Å². The fourth-order valence-electron chi connectivity index (χ4n) is 1.94. The van der Waals surface area contributed by atoms with Crippen molar-refractivity contribution in [1.82, 2.24) is 0 Å². The zero-order valence-corrected chi connectivity index (χ0v) is 11.5.